The van der Waals surface area contributed by atoms with E-state index in [1.807, 2.05) is 24.4 Å². The van der Waals surface area contributed by atoms with Crippen molar-refractivity contribution in [2.24, 2.45) is 0 Å². The fourth-order valence-corrected chi connectivity index (χ4v) is 2.05. The summed E-state index contributed by atoms with van der Waals surface area (Å²) in [4.78, 5) is 13.9. The number of aliphatic carboxylic acids is 1. The van der Waals surface area contributed by atoms with E-state index in [1.165, 1.54) is 0 Å². The molecule has 0 aliphatic heterocycles. The van der Waals surface area contributed by atoms with Gasteiger partial charge in [-0.25, -0.2) is 0 Å². The van der Waals surface area contributed by atoms with Crippen LogP contribution in [0.4, 0.5) is 0 Å². The second-order valence-corrected chi connectivity index (χ2v) is 4.15. The Balaban J connectivity index is 2.19. The highest BCUT2D eigenvalue weighted by Crippen LogP contribution is 2.19. The number of aromatic nitrogens is 1. The van der Waals surface area contributed by atoms with Gasteiger partial charge in [0, 0.05) is 23.1 Å². The molecule has 2 rings (SSSR count). The molecule has 0 bridgehead atoms. The summed E-state index contributed by atoms with van der Waals surface area (Å²) < 4.78 is 0. The van der Waals surface area contributed by atoms with Gasteiger partial charge in [0.2, 0.25) is 0 Å². The molecule has 0 aliphatic carbocycles. The summed E-state index contributed by atoms with van der Waals surface area (Å²) in [6.07, 6.45) is 2.81. The number of carboxylic acid groups (broad SMARTS) is 1. The van der Waals surface area contributed by atoms with Gasteiger partial charge >= 0.3 is 5.97 Å². The maximum atomic E-state index is 10.7. The summed E-state index contributed by atoms with van der Waals surface area (Å²) in [5, 5.41) is 13.0. The zero-order valence-electron chi connectivity index (χ0n) is 9.73. The number of carboxylic acids is 1. The van der Waals surface area contributed by atoms with Gasteiger partial charge in [-0.3, -0.25) is 4.79 Å². The van der Waals surface area contributed by atoms with Crippen molar-refractivity contribution in [1.82, 2.24) is 10.3 Å². The van der Waals surface area contributed by atoms with Crippen molar-refractivity contribution in [3.05, 3.63) is 36.0 Å². The Morgan fingerprint density at radius 2 is 2.24 bits per heavy atom. The van der Waals surface area contributed by atoms with Crippen molar-refractivity contribution in [2.75, 3.05) is 7.05 Å². The van der Waals surface area contributed by atoms with E-state index < -0.39 is 5.97 Å². The molecule has 0 saturated carbocycles. The minimum Gasteiger partial charge on any atom is -0.481 e. The van der Waals surface area contributed by atoms with Gasteiger partial charge in [-0.15, -0.1) is 0 Å². The lowest BCUT2D eigenvalue weighted by molar-refractivity contribution is -0.137. The highest BCUT2D eigenvalue weighted by Gasteiger charge is 2.13. The van der Waals surface area contributed by atoms with Gasteiger partial charge in [-0.1, -0.05) is 18.2 Å². The highest BCUT2D eigenvalue weighted by atomic mass is 16.4. The summed E-state index contributed by atoms with van der Waals surface area (Å²) in [5.74, 6) is -0.774. The first kappa shape index (κ1) is 11.7. The first-order valence-electron chi connectivity index (χ1n) is 5.64. The van der Waals surface area contributed by atoms with E-state index in [-0.39, 0.29) is 12.5 Å². The summed E-state index contributed by atoms with van der Waals surface area (Å²) in [7, 11) is 1.79. The predicted molar refractivity (Wildman–Crippen MR) is 67.1 cm³/mol. The molecule has 4 nitrogen and oxygen atoms in total. The van der Waals surface area contributed by atoms with Crippen LogP contribution in [-0.4, -0.2) is 29.1 Å². The molecule has 0 fully saturated rings. The van der Waals surface area contributed by atoms with E-state index in [9.17, 15) is 4.79 Å². The van der Waals surface area contributed by atoms with Gasteiger partial charge in [0.25, 0.3) is 0 Å². The van der Waals surface area contributed by atoms with Gasteiger partial charge in [0.1, 0.15) is 0 Å². The van der Waals surface area contributed by atoms with Crippen LogP contribution in [0, 0.1) is 0 Å². The smallest absolute Gasteiger partial charge is 0.304 e. The van der Waals surface area contributed by atoms with E-state index in [1.54, 1.807) is 7.05 Å². The van der Waals surface area contributed by atoms with Crippen LogP contribution in [0.3, 0.4) is 0 Å². The van der Waals surface area contributed by atoms with Gasteiger partial charge in [-0.2, -0.15) is 0 Å². The molecule has 2 aromatic rings. The van der Waals surface area contributed by atoms with Gasteiger partial charge < -0.3 is 15.4 Å². The Hall–Kier alpha value is -1.81. The number of likely N-dealkylation sites (N-methyl/N-ethyl adjacent to an activating group) is 1. The molecular formula is C13H16N2O2. The van der Waals surface area contributed by atoms with E-state index in [2.05, 4.69) is 16.4 Å². The van der Waals surface area contributed by atoms with Crippen molar-refractivity contribution in [1.29, 1.82) is 0 Å². The Morgan fingerprint density at radius 1 is 1.47 bits per heavy atom. The third-order valence-corrected chi connectivity index (χ3v) is 2.97. The lowest BCUT2D eigenvalue weighted by atomic mass is 10.0. The number of hydrogen-bond acceptors (Lipinski definition) is 2. The van der Waals surface area contributed by atoms with Crippen molar-refractivity contribution in [3.8, 4) is 0 Å². The van der Waals surface area contributed by atoms with Crippen molar-refractivity contribution >= 4 is 16.9 Å². The molecule has 1 aromatic carbocycles. The average Bonchev–Trinajstić information content (AvgIpc) is 2.71. The van der Waals surface area contributed by atoms with Crippen LogP contribution in [0.1, 0.15) is 12.0 Å². The van der Waals surface area contributed by atoms with Crippen molar-refractivity contribution in [2.45, 2.75) is 18.9 Å². The van der Waals surface area contributed by atoms with Crippen molar-refractivity contribution in [3.63, 3.8) is 0 Å². The standard InChI is InChI=1S/C13H16N2O2/c1-14-10(7-13(16)17)6-9-8-15-12-5-3-2-4-11(9)12/h2-5,8,10,14-15H,6-7H2,1H3,(H,16,17). The normalized spacial score (nSPS) is 12.8. The number of aromatic amines is 1. The number of fused-ring (bicyclic) bond motifs is 1. The second-order valence-electron chi connectivity index (χ2n) is 4.15. The van der Waals surface area contributed by atoms with Crippen LogP contribution in [0.15, 0.2) is 30.5 Å². The largest absolute Gasteiger partial charge is 0.481 e. The minimum atomic E-state index is -0.774. The fraction of sp³-hybridized carbons (Fsp3) is 0.308. The predicted octanol–water partition coefficient (Wildman–Crippen LogP) is 1.77. The summed E-state index contributed by atoms with van der Waals surface area (Å²) in [6.45, 7) is 0. The SMILES string of the molecule is CNC(CC(=O)O)Cc1c[nH]c2ccccc12. The van der Waals surface area contributed by atoms with E-state index in [0.717, 1.165) is 16.5 Å². The lowest BCUT2D eigenvalue weighted by Gasteiger charge is -2.12. The molecule has 3 N–H and O–H groups in total. The second kappa shape index (κ2) is 5.01. The quantitative estimate of drug-likeness (QED) is 0.736. The maximum Gasteiger partial charge on any atom is 0.304 e. The number of benzene rings is 1. The summed E-state index contributed by atoms with van der Waals surface area (Å²) in [5.41, 5.74) is 2.24. The Labute approximate surface area is 99.7 Å². The number of nitrogens with one attached hydrogen (secondary N) is 2. The zero-order valence-corrected chi connectivity index (χ0v) is 9.73. The average molecular weight is 232 g/mol. The van der Waals surface area contributed by atoms with Crippen LogP contribution >= 0.6 is 0 Å². The van der Waals surface area contributed by atoms with Crippen molar-refractivity contribution < 1.29 is 9.90 Å². The van der Waals surface area contributed by atoms with Crippen LogP contribution < -0.4 is 5.32 Å². The fourth-order valence-electron chi connectivity index (χ4n) is 2.05. The molecule has 0 spiro atoms. The third-order valence-electron chi connectivity index (χ3n) is 2.97. The van der Waals surface area contributed by atoms with Crippen LogP contribution in [0.25, 0.3) is 10.9 Å². The number of H-pyrrole nitrogens is 1. The van der Waals surface area contributed by atoms with Gasteiger partial charge in [0.15, 0.2) is 0 Å². The molecule has 0 radical (unpaired) electrons. The highest BCUT2D eigenvalue weighted by molar-refractivity contribution is 5.83. The zero-order chi connectivity index (χ0) is 12.3. The van der Waals surface area contributed by atoms with Crippen LogP contribution in [-0.2, 0) is 11.2 Å². The molecule has 1 heterocycles. The Bertz CT molecular complexity index is 519. The molecule has 90 valence electrons. The van der Waals surface area contributed by atoms with Gasteiger partial charge in [-0.05, 0) is 25.1 Å². The third kappa shape index (κ3) is 2.65. The number of para-hydroxylation sites is 1. The Kier molecular flexibility index (Phi) is 3.44. The molecule has 17 heavy (non-hydrogen) atoms. The molecule has 1 atom stereocenters. The molecule has 0 amide bonds. The summed E-state index contributed by atoms with van der Waals surface area (Å²) >= 11 is 0. The first-order chi connectivity index (χ1) is 8.20. The number of hydrogen-bond donors (Lipinski definition) is 3. The van der Waals surface area contributed by atoms with Crippen LogP contribution in [0.2, 0.25) is 0 Å². The molecule has 0 aliphatic rings. The first-order valence-corrected chi connectivity index (χ1v) is 5.64. The molecule has 4 heteroatoms. The molecule has 1 aromatic heterocycles. The molecular weight excluding hydrogens is 216 g/mol. The van der Waals surface area contributed by atoms with Crippen LogP contribution in [0.5, 0.6) is 0 Å². The Morgan fingerprint density at radius 3 is 2.94 bits per heavy atom. The molecule has 1 unspecified atom stereocenters. The number of rotatable bonds is 5. The van der Waals surface area contributed by atoms with Gasteiger partial charge in [0.05, 0.1) is 6.42 Å². The topological polar surface area (TPSA) is 65.1 Å². The van der Waals surface area contributed by atoms with E-state index in [0.29, 0.717) is 6.42 Å². The number of carbonyl (C=O) groups is 1. The minimum absolute atomic E-state index is 0.0355. The van der Waals surface area contributed by atoms with E-state index >= 15 is 0 Å². The van der Waals surface area contributed by atoms with E-state index in [4.69, 9.17) is 5.11 Å². The lowest BCUT2D eigenvalue weighted by Crippen LogP contribution is -2.30. The maximum absolute atomic E-state index is 10.7. The molecule has 0 saturated heterocycles. The monoisotopic (exact) mass is 232 g/mol. The summed E-state index contributed by atoms with van der Waals surface area (Å²) in [6, 6.07) is 8.01.